The number of likely N-dealkylation sites (tertiary alicyclic amines) is 2. The second kappa shape index (κ2) is 12.0. The zero-order valence-electron chi connectivity index (χ0n) is 18.8. The summed E-state index contributed by atoms with van der Waals surface area (Å²) >= 11 is 0. The molecule has 2 saturated heterocycles. The van der Waals surface area contributed by atoms with Gasteiger partial charge >= 0.3 is 0 Å². The van der Waals surface area contributed by atoms with Gasteiger partial charge in [0.2, 0.25) is 5.91 Å². The third-order valence-corrected chi connectivity index (χ3v) is 6.01. The molecule has 0 aliphatic carbocycles. The van der Waals surface area contributed by atoms with Gasteiger partial charge in [-0.05, 0) is 71.2 Å². The minimum absolute atomic E-state index is 0.186. The van der Waals surface area contributed by atoms with Crippen molar-refractivity contribution in [3.63, 3.8) is 0 Å². The number of furan rings is 1. The van der Waals surface area contributed by atoms with Gasteiger partial charge in [0.25, 0.3) is 0 Å². The van der Waals surface area contributed by atoms with Crippen LogP contribution < -0.4 is 10.6 Å². The van der Waals surface area contributed by atoms with Crippen LogP contribution in [-0.4, -0.2) is 67.5 Å². The summed E-state index contributed by atoms with van der Waals surface area (Å²) in [6.07, 6.45) is 7.47. The van der Waals surface area contributed by atoms with Crippen LogP contribution in [0.4, 0.5) is 0 Å². The van der Waals surface area contributed by atoms with Crippen molar-refractivity contribution in [2.45, 2.75) is 64.8 Å². The molecular formula is C23H39N5O2. The zero-order valence-corrected chi connectivity index (χ0v) is 18.8. The first kappa shape index (κ1) is 22.7. The second-order valence-corrected chi connectivity index (χ2v) is 8.40. The van der Waals surface area contributed by atoms with Crippen LogP contribution in [0.15, 0.2) is 21.5 Å². The number of nitrogens with zero attached hydrogens (tertiary/aromatic N) is 3. The van der Waals surface area contributed by atoms with Gasteiger partial charge in [-0.25, -0.2) is 0 Å². The highest BCUT2D eigenvalue weighted by Gasteiger charge is 2.26. The first-order valence-corrected chi connectivity index (χ1v) is 11.8. The first-order chi connectivity index (χ1) is 14.7. The van der Waals surface area contributed by atoms with Gasteiger partial charge < -0.3 is 20.0 Å². The molecule has 0 radical (unpaired) electrons. The molecule has 168 valence electrons. The molecule has 1 unspecified atom stereocenters. The Hall–Kier alpha value is -2.02. The first-order valence-electron chi connectivity index (χ1n) is 11.8. The number of nitrogens with one attached hydrogen (secondary N) is 2. The number of aliphatic imine (C=N–C) groups is 1. The number of carbonyl (C=O) groups excluding carboxylic acids is 1. The molecule has 1 aromatic rings. The Morgan fingerprint density at radius 3 is 2.67 bits per heavy atom. The summed E-state index contributed by atoms with van der Waals surface area (Å²) < 4.78 is 5.95. The van der Waals surface area contributed by atoms with Crippen molar-refractivity contribution >= 4 is 11.9 Å². The maximum absolute atomic E-state index is 12.1. The molecular weight excluding hydrogens is 378 g/mol. The van der Waals surface area contributed by atoms with Crippen LogP contribution in [0.5, 0.6) is 0 Å². The molecule has 0 saturated carbocycles. The van der Waals surface area contributed by atoms with Gasteiger partial charge in [-0.3, -0.25) is 14.7 Å². The molecule has 3 heterocycles. The second-order valence-electron chi connectivity index (χ2n) is 8.40. The molecule has 1 amide bonds. The van der Waals surface area contributed by atoms with Crippen LogP contribution in [0.3, 0.4) is 0 Å². The van der Waals surface area contributed by atoms with Crippen molar-refractivity contribution in [3.05, 3.63) is 23.7 Å². The van der Waals surface area contributed by atoms with Gasteiger partial charge in [0, 0.05) is 32.6 Å². The van der Waals surface area contributed by atoms with Crippen LogP contribution >= 0.6 is 0 Å². The number of carbonyl (C=O) groups is 1. The zero-order chi connectivity index (χ0) is 21.2. The predicted octanol–water partition coefficient (Wildman–Crippen LogP) is 3.07. The van der Waals surface area contributed by atoms with E-state index in [1.54, 1.807) is 0 Å². The van der Waals surface area contributed by atoms with Gasteiger partial charge in [0.15, 0.2) is 5.96 Å². The summed E-state index contributed by atoms with van der Waals surface area (Å²) in [5, 5.41) is 6.80. The van der Waals surface area contributed by atoms with Gasteiger partial charge in [0.05, 0.1) is 12.6 Å². The van der Waals surface area contributed by atoms with E-state index >= 15 is 0 Å². The van der Waals surface area contributed by atoms with Crippen molar-refractivity contribution in [1.29, 1.82) is 0 Å². The minimum Gasteiger partial charge on any atom is -0.465 e. The molecule has 1 atom stereocenters. The lowest BCUT2D eigenvalue weighted by atomic mass is 10.2. The molecule has 7 heteroatoms. The van der Waals surface area contributed by atoms with Gasteiger partial charge in [-0.1, -0.05) is 6.42 Å². The average molecular weight is 418 g/mol. The number of hydrogen-bond acceptors (Lipinski definition) is 4. The van der Waals surface area contributed by atoms with Gasteiger partial charge in [-0.15, -0.1) is 0 Å². The van der Waals surface area contributed by atoms with Crippen molar-refractivity contribution < 1.29 is 9.21 Å². The summed E-state index contributed by atoms with van der Waals surface area (Å²) in [6, 6.07) is 4.31. The normalized spacial score (nSPS) is 19.7. The fraction of sp³-hybridized carbons (Fsp3) is 0.739. The largest absolute Gasteiger partial charge is 0.465 e. The predicted molar refractivity (Wildman–Crippen MR) is 121 cm³/mol. The Labute approximate surface area is 181 Å². The number of hydrogen-bond donors (Lipinski definition) is 2. The molecule has 2 aliphatic heterocycles. The Morgan fingerprint density at radius 2 is 1.93 bits per heavy atom. The minimum atomic E-state index is 0.186. The third-order valence-electron chi connectivity index (χ3n) is 6.01. The van der Waals surface area contributed by atoms with Crippen molar-refractivity contribution in [2.75, 3.05) is 45.8 Å². The molecule has 2 N–H and O–H groups in total. The monoisotopic (exact) mass is 417 g/mol. The van der Waals surface area contributed by atoms with Crippen LogP contribution in [0.1, 0.15) is 69.4 Å². The quantitative estimate of drug-likeness (QED) is 0.367. The molecule has 0 aromatic carbocycles. The lowest BCUT2D eigenvalue weighted by Crippen LogP contribution is -2.40. The summed E-state index contributed by atoms with van der Waals surface area (Å²) in [5.41, 5.74) is 0. The maximum atomic E-state index is 12.1. The van der Waals surface area contributed by atoms with Crippen molar-refractivity contribution in [2.24, 2.45) is 4.99 Å². The van der Waals surface area contributed by atoms with Gasteiger partial charge in [0.1, 0.15) is 11.5 Å². The van der Waals surface area contributed by atoms with Gasteiger partial charge in [-0.2, -0.15) is 0 Å². The summed E-state index contributed by atoms with van der Waals surface area (Å²) in [6.45, 7) is 10.3. The highest BCUT2D eigenvalue weighted by molar-refractivity contribution is 5.79. The topological polar surface area (TPSA) is 73.1 Å². The molecule has 7 nitrogen and oxygen atoms in total. The molecule has 2 fully saturated rings. The van der Waals surface area contributed by atoms with Crippen LogP contribution in [0, 0.1) is 6.92 Å². The Bertz CT molecular complexity index is 681. The average Bonchev–Trinajstić information content (AvgIpc) is 3.37. The fourth-order valence-electron chi connectivity index (χ4n) is 4.34. The fourth-order valence-corrected chi connectivity index (χ4v) is 4.34. The highest BCUT2D eigenvalue weighted by atomic mass is 16.3. The standard InChI is InChI=1S/C23H39N5O2/c1-3-24-23(25-13-9-17-28-16-6-4-5-10-22(28)29)26-18-20(27-14-7-8-15-27)21-12-11-19(2)30-21/h11-12,20H,3-10,13-18H2,1-2H3,(H2,24,25,26). The van der Waals surface area contributed by atoms with Crippen LogP contribution in [0.2, 0.25) is 0 Å². The SMILES string of the molecule is CCNC(=NCC(c1ccc(C)o1)N1CCCC1)NCCCN1CCCCCC1=O. The van der Waals surface area contributed by atoms with Crippen LogP contribution in [-0.2, 0) is 4.79 Å². The molecule has 1 aromatic heterocycles. The smallest absolute Gasteiger partial charge is 0.222 e. The highest BCUT2D eigenvalue weighted by Crippen LogP contribution is 2.26. The van der Waals surface area contributed by atoms with Crippen LogP contribution in [0.25, 0.3) is 0 Å². The Balaban J connectivity index is 1.52. The summed E-state index contributed by atoms with van der Waals surface area (Å²) in [4.78, 5) is 21.5. The van der Waals surface area contributed by atoms with E-state index < -0.39 is 0 Å². The molecule has 3 rings (SSSR count). The van der Waals surface area contributed by atoms with E-state index in [0.29, 0.717) is 18.9 Å². The molecule has 2 aliphatic rings. The number of rotatable bonds is 9. The van der Waals surface area contributed by atoms with E-state index in [1.807, 2.05) is 17.9 Å². The van der Waals surface area contributed by atoms with E-state index in [-0.39, 0.29) is 6.04 Å². The molecule has 0 bridgehead atoms. The number of aryl methyl sites for hydroxylation is 1. The lowest BCUT2D eigenvalue weighted by Gasteiger charge is -2.25. The third kappa shape index (κ3) is 6.76. The van der Waals surface area contributed by atoms with Crippen molar-refractivity contribution in [1.82, 2.24) is 20.4 Å². The Morgan fingerprint density at radius 1 is 1.13 bits per heavy atom. The van der Waals surface area contributed by atoms with E-state index in [9.17, 15) is 4.79 Å². The molecule has 30 heavy (non-hydrogen) atoms. The maximum Gasteiger partial charge on any atom is 0.222 e. The van der Waals surface area contributed by atoms with E-state index in [2.05, 4.69) is 28.5 Å². The van der Waals surface area contributed by atoms with E-state index in [1.165, 1.54) is 19.3 Å². The van der Waals surface area contributed by atoms with E-state index in [0.717, 1.165) is 76.0 Å². The lowest BCUT2D eigenvalue weighted by molar-refractivity contribution is -0.130. The van der Waals surface area contributed by atoms with E-state index in [4.69, 9.17) is 9.41 Å². The molecule has 0 spiro atoms. The number of guanidine groups is 1. The summed E-state index contributed by atoms with van der Waals surface area (Å²) in [5.74, 6) is 3.11. The van der Waals surface area contributed by atoms with Crippen molar-refractivity contribution in [3.8, 4) is 0 Å². The summed E-state index contributed by atoms with van der Waals surface area (Å²) in [7, 11) is 0. The Kier molecular flexibility index (Phi) is 9.05. The number of amides is 1.